The largest absolute Gasteiger partial charge is 0.348 e. The molecule has 4 fully saturated rings. The van der Waals surface area contributed by atoms with E-state index in [0.717, 1.165) is 42.7 Å². The van der Waals surface area contributed by atoms with Crippen molar-refractivity contribution < 1.29 is 8.78 Å². The Morgan fingerprint density at radius 1 is 1.18 bits per heavy atom. The van der Waals surface area contributed by atoms with Crippen molar-refractivity contribution in [2.45, 2.75) is 50.4 Å². The number of aromatic nitrogens is 1. The van der Waals surface area contributed by atoms with Crippen LogP contribution in [0.15, 0.2) is 6.07 Å². The van der Waals surface area contributed by atoms with Crippen LogP contribution < -0.4 is 0 Å². The van der Waals surface area contributed by atoms with Gasteiger partial charge in [-0.1, -0.05) is 12.2 Å². The minimum atomic E-state index is -2.65. The first-order valence-electron chi connectivity index (χ1n) is 7.97. The maximum Gasteiger partial charge on any atom is 0.265 e. The van der Waals surface area contributed by atoms with Gasteiger partial charge in [0, 0.05) is 16.7 Å². The number of nitrogens with zero attached hydrogens (tertiary/aromatic N) is 1. The van der Waals surface area contributed by atoms with Crippen LogP contribution in [0, 0.1) is 33.7 Å². The number of hydrogen-bond acceptors (Lipinski definition) is 2. The summed E-state index contributed by atoms with van der Waals surface area (Å²) < 4.78 is 26.8. The Bertz CT molecular complexity index is 681. The van der Waals surface area contributed by atoms with Crippen LogP contribution in [0.5, 0.6) is 0 Å². The highest BCUT2D eigenvalue weighted by atomic mass is 32.1. The average molecular weight is 320 g/mol. The summed E-state index contributed by atoms with van der Waals surface area (Å²) in [6.45, 7) is 0. The number of rotatable bonds is 2. The second-order valence-electron chi connectivity index (χ2n) is 7.45. The minimum Gasteiger partial charge on any atom is -0.348 e. The molecule has 4 bridgehead atoms. The molecule has 0 aliphatic heterocycles. The number of hydrogen-bond donors (Lipinski definition) is 1. The maximum absolute atomic E-state index is 13.3. The number of aromatic amines is 1. The highest BCUT2D eigenvalue weighted by Crippen LogP contribution is 2.60. The van der Waals surface area contributed by atoms with Crippen molar-refractivity contribution in [3.8, 4) is 6.07 Å². The van der Waals surface area contributed by atoms with Crippen molar-refractivity contribution in [1.82, 2.24) is 4.98 Å². The van der Waals surface area contributed by atoms with Gasteiger partial charge in [0.15, 0.2) is 0 Å². The first-order chi connectivity index (χ1) is 10.5. The van der Waals surface area contributed by atoms with E-state index in [1.54, 1.807) is 0 Å². The smallest absolute Gasteiger partial charge is 0.265 e. The van der Waals surface area contributed by atoms with Gasteiger partial charge >= 0.3 is 0 Å². The fourth-order valence-corrected chi connectivity index (χ4v) is 5.87. The fourth-order valence-electron chi connectivity index (χ4n) is 5.59. The van der Waals surface area contributed by atoms with Crippen LogP contribution in [-0.2, 0) is 5.41 Å². The third kappa shape index (κ3) is 2.04. The van der Waals surface area contributed by atoms with Gasteiger partial charge in [0.1, 0.15) is 10.7 Å². The van der Waals surface area contributed by atoms with Crippen molar-refractivity contribution in [1.29, 1.82) is 5.26 Å². The normalized spacial score (nSPS) is 35.8. The topological polar surface area (TPSA) is 39.6 Å². The van der Waals surface area contributed by atoms with Gasteiger partial charge in [-0.2, -0.15) is 5.26 Å². The van der Waals surface area contributed by atoms with Crippen molar-refractivity contribution in [2.24, 2.45) is 17.8 Å². The summed E-state index contributed by atoms with van der Waals surface area (Å²) in [4.78, 5) is 3.14. The quantitative estimate of drug-likeness (QED) is 0.777. The Morgan fingerprint density at radius 3 is 2.18 bits per heavy atom. The van der Waals surface area contributed by atoms with E-state index in [1.165, 1.54) is 25.3 Å². The van der Waals surface area contributed by atoms with E-state index in [2.05, 4.69) is 4.98 Å². The standard InChI is InChI=1S/C17H18F2N2S/c18-15(19)12-4-14(21-16(22)13(12)8-20)17-5-9-1-10(6-17)3-11(2-9)7-17/h4,9-11,15H,1-3,5-7H2,(H,21,22). The lowest BCUT2D eigenvalue weighted by molar-refractivity contribution is -0.00739. The van der Waals surface area contributed by atoms with Crippen molar-refractivity contribution in [2.75, 3.05) is 0 Å². The van der Waals surface area contributed by atoms with E-state index >= 15 is 0 Å². The van der Waals surface area contributed by atoms with Crippen LogP contribution in [-0.4, -0.2) is 4.98 Å². The summed E-state index contributed by atoms with van der Waals surface area (Å²) in [5.74, 6) is 2.21. The van der Waals surface area contributed by atoms with Crippen LogP contribution in [0.1, 0.15) is 61.8 Å². The molecule has 5 heteroatoms. The molecule has 1 aromatic heterocycles. The molecule has 116 valence electrons. The van der Waals surface area contributed by atoms with Crippen LogP contribution in [0.3, 0.4) is 0 Å². The Balaban J connectivity index is 1.83. The van der Waals surface area contributed by atoms with E-state index in [0.29, 0.717) is 0 Å². The molecule has 0 radical (unpaired) electrons. The van der Waals surface area contributed by atoms with Crippen LogP contribution in [0.4, 0.5) is 8.78 Å². The van der Waals surface area contributed by atoms with E-state index in [-0.39, 0.29) is 21.2 Å². The summed E-state index contributed by atoms with van der Waals surface area (Å²) in [5, 5.41) is 9.10. The monoisotopic (exact) mass is 320 g/mol. The summed E-state index contributed by atoms with van der Waals surface area (Å²) in [6, 6.07) is 3.36. The number of halogens is 2. The fraction of sp³-hybridized carbons (Fsp3) is 0.647. The van der Waals surface area contributed by atoms with Crippen molar-refractivity contribution in [3.05, 3.63) is 27.5 Å². The zero-order chi connectivity index (χ0) is 15.5. The van der Waals surface area contributed by atoms with Gasteiger partial charge < -0.3 is 4.98 Å². The number of H-pyrrole nitrogens is 1. The molecule has 0 spiro atoms. The first-order valence-corrected chi connectivity index (χ1v) is 8.37. The van der Waals surface area contributed by atoms with Gasteiger partial charge in [0.25, 0.3) is 6.43 Å². The van der Waals surface area contributed by atoms with Gasteiger partial charge in [-0.3, -0.25) is 0 Å². The third-order valence-electron chi connectivity index (χ3n) is 6.02. The van der Waals surface area contributed by atoms with Gasteiger partial charge in [-0.15, -0.1) is 0 Å². The molecule has 1 heterocycles. The summed E-state index contributed by atoms with van der Waals surface area (Å²) >= 11 is 5.19. The number of alkyl halides is 2. The molecule has 0 atom stereocenters. The molecule has 1 aromatic rings. The van der Waals surface area contributed by atoms with Crippen LogP contribution in [0.2, 0.25) is 0 Å². The molecule has 4 aliphatic carbocycles. The van der Waals surface area contributed by atoms with E-state index in [1.807, 2.05) is 6.07 Å². The molecule has 2 nitrogen and oxygen atoms in total. The van der Waals surface area contributed by atoms with Gasteiger partial charge in [0.2, 0.25) is 0 Å². The molecule has 4 aliphatic rings. The highest BCUT2D eigenvalue weighted by molar-refractivity contribution is 7.71. The van der Waals surface area contributed by atoms with E-state index in [4.69, 9.17) is 17.5 Å². The van der Waals surface area contributed by atoms with Crippen LogP contribution in [0.25, 0.3) is 0 Å². The van der Waals surface area contributed by atoms with Gasteiger partial charge in [-0.25, -0.2) is 8.78 Å². The number of nitrogens with one attached hydrogen (secondary N) is 1. The number of pyridine rings is 1. The lowest BCUT2D eigenvalue weighted by Gasteiger charge is -2.56. The van der Waals surface area contributed by atoms with E-state index in [9.17, 15) is 8.78 Å². The van der Waals surface area contributed by atoms with Crippen molar-refractivity contribution in [3.63, 3.8) is 0 Å². The minimum absolute atomic E-state index is 0.0140. The molecular formula is C17H18F2N2S. The Morgan fingerprint density at radius 2 is 1.73 bits per heavy atom. The second kappa shape index (κ2) is 4.86. The maximum atomic E-state index is 13.3. The Kier molecular flexibility index (Phi) is 3.16. The predicted molar refractivity (Wildman–Crippen MR) is 81.1 cm³/mol. The Hall–Kier alpha value is -1.28. The molecule has 1 N–H and O–H groups in total. The molecular weight excluding hydrogens is 302 g/mol. The highest BCUT2D eigenvalue weighted by Gasteiger charge is 2.52. The third-order valence-corrected chi connectivity index (χ3v) is 6.33. The molecule has 5 rings (SSSR count). The second-order valence-corrected chi connectivity index (χ2v) is 7.86. The summed E-state index contributed by atoms with van der Waals surface area (Å²) in [6.07, 6.45) is 4.50. The lowest BCUT2D eigenvalue weighted by Crippen LogP contribution is -2.49. The average Bonchev–Trinajstić information content (AvgIpc) is 2.44. The molecule has 0 amide bonds. The first kappa shape index (κ1) is 14.3. The van der Waals surface area contributed by atoms with Crippen molar-refractivity contribution >= 4 is 12.2 Å². The molecule has 4 saturated carbocycles. The SMILES string of the molecule is N#Cc1c(C(F)F)cc(C23CC4CC(CC(C4)C2)C3)[nH]c1=S. The zero-order valence-corrected chi connectivity index (χ0v) is 13.1. The molecule has 0 saturated heterocycles. The van der Waals surface area contributed by atoms with Gasteiger partial charge in [0.05, 0.1) is 5.56 Å². The summed E-state index contributed by atoms with van der Waals surface area (Å²) in [7, 11) is 0. The lowest BCUT2D eigenvalue weighted by atomic mass is 9.48. The molecule has 0 unspecified atom stereocenters. The molecule has 0 aromatic carbocycles. The van der Waals surface area contributed by atoms with Crippen LogP contribution >= 0.6 is 12.2 Å². The molecule has 22 heavy (non-hydrogen) atoms. The van der Waals surface area contributed by atoms with E-state index < -0.39 is 6.43 Å². The predicted octanol–water partition coefficient (Wildman–Crippen LogP) is 5.02. The summed E-state index contributed by atoms with van der Waals surface area (Å²) in [5.41, 5.74) is 0.571. The number of nitriles is 1. The van der Waals surface area contributed by atoms with Gasteiger partial charge in [-0.05, 0) is 62.3 Å². The zero-order valence-electron chi connectivity index (χ0n) is 12.2. The Labute approximate surface area is 133 Å².